The molecule has 0 bridgehead atoms. The van der Waals surface area contributed by atoms with Crippen LogP contribution in [0.15, 0.2) is 23.2 Å². The molecule has 6 nitrogen and oxygen atoms in total. The van der Waals surface area contributed by atoms with Crippen molar-refractivity contribution < 1.29 is 9.47 Å². The number of nitrogens with zero attached hydrogens (tertiary/aromatic N) is 2. The fourth-order valence-corrected chi connectivity index (χ4v) is 3.77. The number of likely N-dealkylation sites (tertiary alicyclic amines) is 1. The number of aryl methyl sites for hydroxylation is 1. The molecule has 178 valence electrons. The minimum Gasteiger partial charge on any atom is -0.491 e. The molecule has 0 saturated carbocycles. The zero-order valence-corrected chi connectivity index (χ0v) is 22.2. The fourth-order valence-electron chi connectivity index (χ4n) is 3.77. The molecule has 31 heavy (non-hydrogen) atoms. The van der Waals surface area contributed by atoms with E-state index in [4.69, 9.17) is 14.5 Å². The number of hydrogen-bond acceptors (Lipinski definition) is 4. The van der Waals surface area contributed by atoms with Crippen molar-refractivity contribution in [2.75, 3.05) is 52.5 Å². The predicted octanol–water partition coefficient (Wildman–Crippen LogP) is 4.21. The summed E-state index contributed by atoms with van der Waals surface area (Å²) < 4.78 is 11.3. The van der Waals surface area contributed by atoms with Crippen LogP contribution in [0.4, 0.5) is 0 Å². The van der Waals surface area contributed by atoms with Gasteiger partial charge in [0.25, 0.3) is 0 Å². The lowest BCUT2D eigenvalue weighted by atomic mass is 9.93. The van der Waals surface area contributed by atoms with Gasteiger partial charge in [-0.2, -0.15) is 0 Å². The van der Waals surface area contributed by atoms with Gasteiger partial charge in [0.15, 0.2) is 5.96 Å². The molecule has 0 unspecified atom stereocenters. The highest BCUT2D eigenvalue weighted by Crippen LogP contribution is 2.22. The van der Waals surface area contributed by atoms with Crippen LogP contribution in [0.2, 0.25) is 0 Å². The molecule has 1 aliphatic heterocycles. The second kappa shape index (κ2) is 16.6. The van der Waals surface area contributed by atoms with Crippen LogP contribution >= 0.6 is 24.0 Å². The number of guanidine groups is 1. The number of rotatable bonds is 12. The Morgan fingerprint density at radius 3 is 2.58 bits per heavy atom. The monoisotopic (exact) mass is 546 g/mol. The summed E-state index contributed by atoms with van der Waals surface area (Å²) in [5.74, 6) is 2.60. The quantitative estimate of drug-likeness (QED) is 0.178. The average Bonchev–Trinajstić information content (AvgIpc) is 2.76. The highest BCUT2D eigenvalue weighted by atomic mass is 127. The van der Waals surface area contributed by atoms with E-state index < -0.39 is 0 Å². The second-order valence-electron chi connectivity index (χ2n) is 7.94. The van der Waals surface area contributed by atoms with E-state index in [1.807, 2.05) is 6.92 Å². The summed E-state index contributed by atoms with van der Waals surface area (Å²) in [4.78, 5) is 7.35. The van der Waals surface area contributed by atoms with E-state index in [9.17, 15) is 0 Å². The summed E-state index contributed by atoms with van der Waals surface area (Å²) in [5.41, 5.74) is 2.29. The Morgan fingerprint density at radius 1 is 1.13 bits per heavy atom. The van der Waals surface area contributed by atoms with E-state index >= 15 is 0 Å². The first-order valence-electron chi connectivity index (χ1n) is 11.7. The molecular formula is C24H43IN4O2. The van der Waals surface area contributed by atoms with Gasteiger partial charge < -0.3 is 25.0 Å². The molecule has 1 aromatic rings. The van der Waals surface area contributed by atoms with E-state index in [2.05, 4.69) is 54.5 Å². The third-order valence-electron chi connectivity index (χ3n) is 5.66. The fraction of sp³-hybridized carbons (Fsp3) is 0.708. The summed E-state index contributed by atoms with van der Waals surface area (Å²) >= 11 is 0. The molecule has 2 N–H and O–H groups in total. The van der Waals surface area contributed by atoms with Crippen molar-refractivity contribution in [1.82, 2.24) is 15.5 Å². The molecule has 0 atom stereocenters. The van der Waals surface area contributed by atoms with Crippen LogP contribution in [-0.4, -0.2) is 63.4 Å². The second-order valence-corrected chi connectivity index (χ2v) is 7.94. The van der Waals surface area contributed by atoms with Gasteiger partial charge in [0.1, 0.15) is 12.4 Å². The normalized spacial score (nSPS) is 15.4. The van der Waals surface area contributed by atoms with E-state index in [1.54, 1.807) is 0 Å². The van der Waals surface area contributed by atoms with E-state index in [0.29, 0.717) is 26.4 Å². The average molecular weight is 547 g/mol. The lowest BCUT2D eigenvalue weighted by molar-refractivity contribution is 0.110. The van der Waals surface area contributed by atoms with Gasteiger partial charge in [0.05, 0.1) is 13.2 Å². The van der Waals surface area contributed by atoms with Crippen LogP contribution in [0.5, 0.6) is 5.75 Å². The van der Waals surface area contributed by atoms with E-state index in [0.717, 1.165) is 36.3 Å². The zero-order chi connectivity index (χ0) is 21.6. The van der Waals surface area contributed by atoms with Gasteiger partial charge in [-0.15, -0.1) is 24.0 Å². The summed E-state index contributed by atoms with van der Waals surface area (Å²) in [6, 6.07) is 6.31. The zero-order valence-electron chi connectivity index (χ0n) is 19.9. The number of halogens is 1. The van der Waals surface area contributed by atoms with E-state index in [-0.39, 0.29) is 24.0 Å². The Labute approximate surface area is 206 Å². The van der Waals surface area contributed by atoms with Crippen molar-refractivity contribution in [3.63, 3.8) is 0 Å². The van der Waals surface area contributed by atoms with Gasteiger partial charge in [-0.1, -0.05) is 19.1 Å². The van der Waals surface area contributed by atoms with Gasteiger partial charge in [-0.3, -0.25) is 0 Å². The molecule has 0 amide bonds. The maximum Gasteiger partial charge on any atom is 0.191 e. The molecular weight excluding hydrogens is 503 g/mol. The number of piperidine rings is 1. The first-order valence-corrected chi connectivity index (χ1v) is 11.7. The van der Waals surface area contributed by atoms with Gasteiger partial charge in [-0.05, 0) is 77.2 Å². The summed E-state index contributed by atoms with van der Waals surface area (Å²) in [7, 11) is 0. The standard InChI is InChI=1S/C24H42N4O2.HI/c1-5-25-24(26-13-10-21-11-14-28(6-2)15-12-21)27-19-22-9-8-20(4)18-23(22)30-17-16-29-7-3;/h8-9,18,21H,5-7,10-17,19H2,1-4H3,(H2,25,26,27);1H. The molecule has 0 radical (unpaired) electrons. The van der Waals surface area contributed by atoms with Crippen LogP contribution in [0, 0.1) is 12.8 Å². The minimum absolute atomic E-state index is 0. The molecule has 1 aromatic carbocycles. The highest BCUT2D eigenvalue weighted by molar-refractivity contribution is 14.0. The van der Waals surface area contributed by atoms with Gasteiger partial charge in [0.2, 0.25) is 0 Å². The molecule has 2 rings (SSSR count). The van der Waals surface area contributed by atoms with Crippen LogP contribution in [0.3, 0.4) is 0 Å². The molecule has 1 aliphatic rings. The molecule has 1 fully saturated rings. The number of benzene rings is 1. The van der Waals surface area contributed by atoms with Gasteiger partial charge in [-0.25, -0.2) is 4.99 Å². The Bertz CT molecular complexity index is 634. The topological polar surface area (TPSA) is 58.1 Å². The first-order chi connectivity index (χ1) is 14.7. The molecule has 0 spiro atoms. The van der Waals surface area contributed by atoms with Gasteiger partial charge >= 0.3 is 0 Å². The van der Waals surface area contributed by atoms with Crippen molar-refractivity contribution in [1.29, 1.82) is 0 Å². The Hall–Kier alpha value is -1.06. The molecule has 0 aromatic heterocycles. The highest BCUT2D eigenvalue weighted by Gasteiger charge is 2.17. The van der Waals surface area contributed by atoms with Crippen LogP contribution in [0.1, 0.15) is 51.2 Å². The summed E-state index contributed by atoms with van der Waals surface area (Å²) in [6.45, 7) is 16.4. The Balaban J connectivity index is 0.00000480. The SMILES string of the molecule is CCNC(=NCc1ccc(C)cc1OCCOCC)NCCC1CCN(CC)CC1.I. The van der Waals surface area contributed by atoms with Crippen molar-refractivity contribution in [2.24, 2.45) is 10.9 Å². The molecule has 1 heterocycles. The lowest BCUT2D eigenvalue weighted by Gasteiger charge is -2.31. The predicted molar refractivity (Wildman–Crippen MR) is 141 cm³/mol. The maximum atomic E-state index is 5.95. The number of aliphatic imine (C=N–C) groups is 1. The Morgan fingerprint density at radius 2 is 1.90 bits per heavy atom. The number of nitrogens with one attached hydrogen (secondary N) is 2. The van der Waals surface area contributed by atoms with Crippen molar-refractivity contribution in [2.45, 2.75) is 53.5 Å². The van der Waals surface area contributed by atoms with Crippen LogP contribution in [0.25, 0.3) is 0 Å². The summed E-state index contributed by atoms with van der Waals surface area (Å²) in [6.07, 6.45) is 3.84. The summed E-state index contributed by atoms with van der Waals surface area (Å²) in [5, 5.41) is 6.89. The van der Waals surface area contributed by atoms with Crippen LogP contribution < -0.4 is 15.4 Å². The lowest BCUT2D eigenvalue weighted by Crippen LogP contribution is -2.39. The molecule has 0 aliphatic carbocycles. The van der Waals surface area contributed by atoms with Gasteiger partial charge in [0, 0.05) is 25.3 Å². The van der Waals surface area contributed by atoms with Crippen molar-refractivity contribution in [3.05, 3.63) is 29.3 Å². The maximum absolute atomic E-state index is 5.95. The molecule has 7 heteroatoms. The largest absolute Gasteiger partial charge is 0.491 e. The number of hydrogen-bond donors (Lipinski definition) is 2. The van der Waals surface area contributed by atoms with Crippen LogP contribution in [-0.2, 0) is 11.3 Å². The van der Waals surface area contributed by atoms with Crippen molar-refractivity contribution in [3.8, 4) is 5.75 Å². The van der Waals surface area contributed by atoms with Crippen molar-refractivity contribution >= 4 is 29.9 Å². The first kappa shape index (κ1) is 28.0. The molecule has 1 saturated heterocycles. The minimum atomic E-state index is 0. The smallest absolute Gasteiger partial charge is 0.191 e. The number of ether oxygens (including phenoxy) is 2. The van der Waals surface area contributed by atoms with E-state index in [1.165, 1.54) is 44.5 Å². The third kappa shape index (κ3) is 10.9. The Kier molecular flexibility index (Phi) is 14.9. The third-order valence-corrected chi connectivity index (χ3v) is 5.66.